The number of hydrogen-bond donors (Lipinski definition) is 2. The van der Waals surface area contributed by atoms with Crippen LogP contribution in [-0.4, -0.2) is 15.0 Å². The van der Waals surface area contributed by atoms with E-state index in [0.717, 1.165) is 4.88 Å². The topological polar surface area (TPSA) is 90.7 Å². The van der Waals surface area contributed by atoms with Gasteiger partial charge in [0.15, 0.2) is 5.82 Å². The van der Waals surface area contributed by atoms with Crippen molar-refractivity contribution in [2.75, 3.05) is 11.5 Å². The summed E-state index contributed by atoms with van der Waals surface area (Å²) in [6, 6.07) is 4.11. The zero-order chi connectivity index (χ0) is 11.1. The summed E-state index contributed by atoms with van der Waals surface area (Å²) in [7, 11) is 0. The number of fused-ring (bicyclic) bond motifs is 1. The molecule has 0 saturated carbocycles. The number of nitrogen functional groups attached to an aromatic ring is 2. The Bertz CT molecular complexity index is 608. The number of thiophene rings is 2. The standard InChI is InChI=1S/C9H7N5S2/c10-8-12-7(13-9(11)14-8)6-3-5-4(16-6)1-2-15-5/h1-3H,(H4,10,11,12,13,14). The molecule has 0 saturated heterocycles. The van der Waals surface area contributed by atoms with Crippen LogP contribution in [0.25, 0.3) is 20.1 Å². The molecule has 0 aliphatic carbocycles. The molecule has 0 aliphatic rings. The maximum Gasteiger partial charge on any atom is 0.225 e. The summed E-state index contributed by atoms with van der Waals surface area (Å²) in [6.07, 6.45) is 0. The first-order valence-corrected chi connectivity index (χ1v) is 6.16. The summed E-state index contributed by atoms with van der Waals surface area (Å²) in [4.78, 5) is 12.8. The van der Waals surface area contributed by atoms with Crippen molar-refractivity contribution < 1.29 is 0 Å². The normalized spacial score (nSPS) is 11.0. The average Bonchev–Trinajstić information content (AvgIpc) is 2.74. The lowest BCUT2D eigenvalue weighted by atomic mass is 10.4. The van der Waals surface area contributed by atoms with Crippen LogP contribution >= 0.6 is 22.7 Å². The van der Waals surface area contributed by atoms with Gasteiger partial charge in [-0.25, -0.2) is 0 Å². The molecule has 0 amide bonds. The van der Waals surface area contributed by atoms with E-state index in [9.17, 15) is 0 Å². The molecule has 0 atom stereocenters. The SMILES string of the molecule is Nc1nc(N)nc(-c2cc3sccc3s2)n1. The Morgan fingerprint density at radius 1 is 1.00 bits per heavy atom. The lowest BCUT2D eigenvalue weighted by Crippen LogP contribution is -2.03. The van der Waals surface area contributed by atoms with Gasteiger partial charge in [0.1, 0.15) is 0 Å². The van der Waals surface area contributed by atoms with E-state index in [1.807, 2.05) is 6.07 Å². The van der Waals surface area contributed by atoms with Gasteiger partial charge in [0.05, 0.1) is 4.88 Å². The average molecular weight is 249 g/mol. The first kappa shape index (κ1) is 9.49. The molecular weight excluding hydrogens is 242 g/mol. The maximum atomic E-state index is 5.53. The summed E-state index contributed by atoms with van der Waals surface area (Å²) in [6.45, 7) is 0. The van der Waals surface area contributed by atoms with Crippen molar-refractivity contribution in [1.29, 1.82) is 0 Å². The summed E-state index contributed by atoms with van der Waals surface area (Å²) in [5.74, 6) is 0.844. The van der Waals surface area contributed by atoms with Gasteiger partial charge in [-0.15, -0.1) is 22.7 Å². The summed E-state index contributed by atoms with van der Waals surface area (Å²) < 4.78 is 2.44. The van der Waals surface area contributed by atoms with Gasteiger partial charge in [-0.3, -0.25) is 0 Å². The van der Waals surface area contributed by atoms with Crippen molar-refractivity contribution in [1.82, 2.24) is 15.0 Å². The molecule has 0 spiro atoms. The number of nitrogens with two attached hydrogens (primary N) is 2. The van der Waals surface area contributed by atoms with Gasteiger partial charge >= 0.3 is 0 Å². The van der Waals surface area contributed by atoms with E-state index in [1.165, 1.54) is 9.40 Å². The Morgan fingerprint density at radius 3 is 2.44 bits per heavy atom. The molecule has 0 aliphatic heterocycles. The quantitative estimate of drug-likeness (QED) is 0.688. The largest absolute Gasteiger partial charge is 0.368 e. The Kier molecular flexibility index (Phi) is 2.01. The Hall–Kier alpha value is -1.73. The Morgan fingerprint density at radius 2 is 1.75 bits per heavy atom. The van der Waals surface area contributed by atoms with Crippen LogP contribution < -0.4 is 11.5 Å². The fourth-order valence-corrected chi connectivity index (χ4v) is 3.44. The summed E-state index contributed by atoms with van der Waals surface area (Å²) in [5, 5.41) is 2.06. The molecule has 3 rings (SSSR count). The number of hydrogen-bond acceptors (Lipinski definition) is 7. The van der Waals surface area contributed by atoms with Crippen LogP contribution in [0.15, 0.2) is 17.5 Å². The minimum Gasteiger partial charge on any atom is -0.368 e. The van der Waals surface area contributed by atoms with Gasteiger partial charge in [0.25, 0.3) is 0 Å². The minimum absolute atomic E-state index is 0.152. The molecule has 3 aromatic rings. The molecule has 0 radical (unpaired) electrons. The van der Waals surface area contributed by atoms with Gasteiger partial charge in [-0.05, 0) is 17.5 Å². The van der Waals surface area contributed by atoms with Crippen LogP contribution in [0.3, 0.4) is 0 Å². The van der Waals surface area contributed by atoms with Gasteiger partial charge in [0, 0.05) is 9.40 Å². The third kappa shape index (κ3) is 1.50. The fourth-order valence-electron chi connectivity index (χ4n) is 1.40. The zero-order valence-corrected chi connectivity index (χ0v) is 9.68. The highest BCUT2D eigenvalue weighted by Gasteiger charge is 2.09. The number of aromatic nitrogens is 3. The molecule has 4 N–H and O–H groups in total. The number of anilines is 2. The van der Waals surface area contributed by atoms with Gasteiger partial charge < -0.3 is 11.5 Å². The predicted octanol–water partition coefficient (Wildman–Crippen LogP) is 1.98. The van der Waals surface area contributed by atoms with Crippen LogP contribution in [0.4, 0.5) is 11.9 Å². The second-order valence-corrected chi connectivity index (χ2v) is 5.17. The van der Waals surface area contributed by atoms with Crippen molar-refractivity contribution in [3.63, 3.8) is 0 Å². The molecule has 5 nitrogen and oxygen atoms in total. The highest BCUT2D eigenvalue weighted by Crippen LogP contribution is 2.34. The smallest absolute Gasteiger partial charge is 0.225 e. The molecule has 0 bridgehead atoms. The van der Waals surface area contributed by atoms with Crippen LogP contribution in [0.5, 0.6) is 0 Å². The first-order chi connectivity index (χ1) is 7.72. The molecule has 16 heavy (non-hydrogen) atoms. The summed E-state index contributed by atoms with van der Waals surface area (Å²) in [5.41, 5.74) is 11.1. The molecule has 3 aromatic heterocycles. The monoisotopic (exact) mass is 249 g/mol. The van der Waals surface area contributed by atoms with Crippen LogP contribution in [-0.2, 0) is 0 Å². The van der Waals surface area contributed by atoms with Gasteiger partial charge in [-0.1, -0.05) is 0 Å². The van der Waals surface area contributed by atoms with Gasteiger partial charge in [0.2, 0.25) is 11.9 Å². The number of nitrogens with zero attached hydrogens (tertiary/aromatic N) is 3. The van der Waals surface area contributed by atoms with Crippen LogP contribution in [0, 0.1) is 0 Å². The molecule has 7 heteroatoms. The Labute approximate surface area is 98.8 Å². The highest BCUT2D eigenvalue weighted by molar-refractivity contribution is 7.28. The highest BCUT2D eigenvalue weighted by atomic mass is 32.1. The zero-order valence-electron chi connectivity index (χ0n) is 8.04. The molecule has 0 fully saturated rings. The molecule has 0 unspecified atom stereocenters. The molecular formula is C9H7N5S2. The third-order valence-electron chi connectivity index (χ3n) is 2.03. The van der Waals surface area contributed by atoms with Crippen molar-refractivity contribution in [2.45, 2.75) is 0 Å². The minimum atomic E-state index is 0.152. The first-order valence-electron chi connectivity index (χ1n) is 4.47. The van der Waals surface area contributed by atoms with Crippen molar-refractivity contribution >= 4 is 44.0 Å². The maximum absolute atomic E-state index is 5.53. The van der Waals surface area contributed by atoms with Crippen molar-refractivity contribution in [2.24, 2.45) is 0 Å². The predicted molar refractivity (Wildman–Crippen MR) is 67.3 cm³/mol. The Balaban J connectivity index is 2.18. The van der Waals surface area contributed by atoms with E-state index in [0.29, 0.717) is 5.82 Å². The van der Waals surface area contributed by atoms with Crippen LogP contribution in [0.1, 0.15) is 0 Å². The van der Waals surface area contributed by atoms with E-state index >= 15 is 0 Å². The fraction of sp³-hybridized carbons (Fsp3) is 0. The third-order valence-corrected chi connectivity index (χ3v) is 4.12. The molecule has 3 heterocycles. The van der Waals surface area contributed by atoms with E-state index in [2.05, 4.69) is 26.4 Å². The van der Waals surface area contributed by atoms with Gasteiger partial charge in [-0.2, -0.15) is 15.0 Å². The lowest BCUT2D eigenvalue weighted by molar-refractivity contribution is 1.09. The van der Waals surface area contributed by atoms with E-state index in [-0.39, 0.29) is 11.9 Å². The van der Waals surface area contributed by atoms with E-state index in [1.54, 1.807) is 22.7 Å². The van der Waals surface area contributed by atoms with Crippen molar-refractivity contribution in [3.8, 4) is 10.7 Å². The number of rotatable bonds is 1. The van der Waals surface area contributed by atoms with E-state index in [4.69, 9.17) is 11.5 Å². The second-order valence-electron chi connectivity index (χ2n) is 3.14. The van der Waals surface area contributed by atoms with E-state index < -0.39 is 0 Å². The van der Waals surface area contributed by atoms with Crippen molar-refractivity contribution in [3.05, 3.63) is 17.5 Å². The second kappa shape index (κ2) is 3.39. The van der Waals surface area contributed by atoms with Crippen LogP contribution in [0.2, 0.25) is 0 Å². The molecule has 80 valence electrons. The lowest BCUT2D eigenvalue weighted by Gasteiger charge is -1.98. The summed E-state index contributed by atoms with van der Waals surface area (Å²) >= 11 is 3.31. The molecule has 0 aromatic carbocycles.